The van der Waals surface area contributed by atoms with Crippen molar-refractivity contribution in [2.45, 2.75) is 46.7 Å². The number of nitrogens with zero attached hydrogens (tertiary/aromatic N) is 2. The molecule has 1 N–H and O–H groups in total. The van der Waals surface area contributed by atoms with Crippen LogP contribution < -0.4 is 10.2 Å². The van der Waals surface area contributed by atoms with Crippen LogP contribution in [0.3, 0.4) is 0 Å². The molecule has 0 amide bonds. The van der Waals surface area contributed by atoms with Gasteiger partial charge in [-0.3, -0.25) is 4.98 Å². The highest BCUT2D eigenvalue weighted by Gasteiger charge is 2.13. The number of terminal acetylenes is 1. The molecule has 0 aliphatic rings. The monoisotopic (exact) mass is 259 g/mol. The van der Waals surface area contributed by atoms with Crippen molar-refractivity contribution in [3.8, 4) is 12.3 Å². The molecule has 1 aromatic rings. The second-order valence-electron chi connectivity index (χ2n) is 5.78. The molecule has 0 saturated heterocycles. The molecule has 3 heteroatoms. The third-order valence-electron chi connectivity index (χ3n) is 2.91. The van der Waals surface area contributed by atoms with Gasteiger partial charge in [0, 0.05) is 41.8 Å². The minimum absolute atomic E-state index is 0.0886. The van der Waals surface area contributed by atoms with E-state index in [9.17, 15) is 0 Å². The number of aromatic nitrogens is 1. The molecular weight excluding hydrogens is 234 g/mol. The second-order valence-corrected chi connectivity index (χ2v) is 5.78. The zero-order chi connectivity index (χ0) is 14.5. The second kappa shape index (κ2) is 6.58. The van der Waals surface area contributed by atoms with Crippen LogP contribution in [0.25, 0.3) is 0 Å². The molecule has 0 fully saturated rings. The molecule has 0 radical (unpaired) electrons. The Bertz CT molecular complexity index is 452. The van der Waals surface area contributed by atoms with Gasteiger partial charge in [-0.1, -0.05) is 5.92 Å². The highest BCUT2D eigenvalue weighted by molar-refractivity contribution is 5.54. The van der Waals surface area contributed by atoms with E-state index in [4.69, 9.17) is 6.42 Å². The summed E-state index contributed by atoms with van der Waals surface area (Å²) in [6.07, 6.45) is 7.40. The lowest BCUT2D eigenvalue weighted by molar-refractivity contribution is 0.424. The third kappa shape index (κ3) is 4.92. The Balaban J connectivity index is 3.00. The summed E-state index contributed by atoms with van der Waals surface area (Å²) < 4.78 is 0. The van der Waals surface area contributed by atoms with Gasteiger partial charge in [0.05, 0.1) is 6.54 Å². The van der Waals surface area contributed by atoms with E-state index in [1.807, 2.05) is 13.1 Å². The highest BCUT2D eigenvalue weighted by atomic mass is 15.1. The van der Waals surface area contributed by atoms with Crippen molar-refractivity contribution in [1.29, 1.82) is 0 Å². The molecule has 0 bridgehead atoms. The molecule has 0 unspecified atom stereocenters. The summed E-state index contributed by atoms with van der Waals surface area (Å²) in [4.78, 5) is 6.60. The predicted octanol–water partition coefficient (Wildman–Crippen LogP) is 2.74. The van der Waals surface area contributed by atoms with Crippen LogP contribution in [0.15, 0.2) is 12.3 Å². The first-order valence-corrected chi connectivity index (χ1v) is 6.76. The molecule has 0 aliphatic heterocycles. The molecule has 1 aromatic heterocycles. The molecule has 0 aromatic carbocycles. The van der Waals surface area contributed by atoms with Crippen LogP contribution in [0.1, 0.15) is 39.0 Å². The van der Waals surface area contributed by atoms with E-state index in [0.29, 0.717) is 6.54 Å². The van der Waals surface area contributed by atoms with E-state index in [2.05, 4.69) is 54.9 Å². The summed E-state index contributed by atoms with van der Waals surface area (Å²) in [5, 5.41) is 3.50. The van der Waals surface area contributed by atoms with E-state index in [1.54, 1.807) is 0 Å². The number of anilines is 1. The van der Waals surface area contributed by atoms with Crippen LogP contribution in [0.5, 0.6) is 0 Å². The van der Waals surface area contributed by atoms with Crippen molar-refractivity contribution in [3.05, 3.63) is 23.5 Å². The summed E-state index contributed by atoms with van der Waals surface area (Å²) in [5.74, 6) is 2.72. The maximum atomic E-state index is 5.45. The zero-order valence-electron chi connectivity index (χ0n) is 12.7. The van der Waals surface area contributed by atoms with Gasteiger partial charge in [0.2, 0.25) is 0 Å². The lowest BCUT2D eigenvalue weighted by Gasteiger charge is -2.26. The first-order valence-electron chi connectivity index (χ1n) is 6.76. The maximum absolute atomic E-state index is 5.45. The van der Waals surface area contributed by atoms with Gasteiger partial charge in [-0.05, 0) is 40.7 Å². The standard InChI is InChI=1S/C16H25N3/c1-7-9-19(8-2)15-10-13(3)17-11-14(15)12-18-16(4,5)6/h1,10-11,18H,8-9,12H2,2-6H3. The lowest BCUT2D eigenvalue weighted by atomic mass is 10.1. The number of aryl methyl sites for hydroxylation is 1. The number of nitrogens with one attached hydrogen (secondary N) is 1. The Labute approximate surface area is 117 Å². The van der Waals surface area contributed by atoms with Crippen LogP contribution in [-0.2, 0) is 6.54 Å². The summed E-state index contributed by atoms with van der Waals surface area (Å²) >= 11 is 0. The van der Waals surface area contributed by atoms with Gasteiger partial charge in [0.15, 0.2) is 0 Å². The van der Waals surface area contributed by atoms with Gasteiger partial charge >= 0.3 is 0 Å². The number of pyridine rings is 1. The Morgan fingerprint density at radius 3 is 2.63 bits per heavy atom. The van der Waals surface area contributed by atoms with Gasteiger partial charge in [-0.25, -0.2) is 0 Å². The Morgan fingerprint density at radius 2 is 2.11 bits per heavy atom. The quantitative estimate of drug-likeness (QED) is 0.824. The smallest absolute Gasteiger partial charge is 0.0791 e. The zero-order valence-corrected chi connectivity index (χ0v) is 12.7. The minimum atomic E-state index is 0.0886. The van der Waals surface area contributed by atoms with E-state index in [-0.39, 0.29) is 5.54 Å². The van der Waals surface area contributed by atoms with Crippen molar-refractivity contribution in [1.82, 2.24) is 10.3 Å². The van der Waals surface area contributed by atoms with Gasteiger partial charge in [-0.2, -0.15) is 0 Å². The van der Waals surface area contributed by atoms with Crippen molar-refractivity contribution < 1.29 is 0 Å². The fourth-order valence-corrected chi connectivity index (χ4v) is 1.84. The molecule has 19 heavy (non-hydrogen) atoms. The van der Waals surface area contributed by atoms with E-state index in [1.165, 1.54) is 11.3 Å². The van der Waals surface area contributed by atoms with Crippen molar-refractivity contribution in [2.75, 3.05) is 18.0 Å². The topological polar surface area (TPSA) is 28.2 Å². The van der Waals surface area contributed by atoms with Crippen LogP contribution >= 0.6 is 0 Å². The largest absolute Gasteiger partial charge is 0.360 e. The summed E-state index contributed by atoms with van der Waals surface area (Å²) in [6.45, 7) is 12.9. The van der Waals surface area contributed by atoms with E-state index in [0.717, 1.165) is 18.8 Å². The summed E-state index contributed by atoms with van der Waals surface area (Å²) in [6, 6.07) is 2.11. The van der Waals surface area contributed by atoms with Crippen LogP contribution in [0.2, 0.25) is 0 Å². The highest BCUT2D eigenvalue weighted by Crippen LogP contribution is 2.21. The van der Waals surface area contributed by atoms with Crippen LogP contribution in [0, 0.1) is 19.3 Å². The Kier molecular flexibility index (Phi) is 5.38. The molecule has 0 saturated carbocycles. The van der Waals surface area contributed by atoms with Crippen molar-refractivity contribution in [2.24, 2.45) is 0 Å². The molecule has 0 atom stereocenters. The Hall–Kier alpha value is -1.53. The van der Waals surface area contributed by atoms with Crippen molar-refractivity contribution in [3.63, 3.8) is 0 Å². The van der Waals surface area contributed by atoms with Gasteiger partial charge in [0.25, 0.3) is 0 Å². The predicted molar refractivity (Wildman–Crippen MR) is 82.3 cm³/mol. The fourth-order valence-electron chi connectivity index (χ4n) is 1.84. The van der Waals surface area contributed by atoms with Crippen molar-refractivity contribution >= 4 is 5.69 Å². The summed E-state index contributed by atoms with van der Waals surface area (Å²) in [7, 11) is 0. The maximum Gasteiger partial charge on any atom is 0.0791 e. The third-order valence-corrected chi connectivity index (χ3v) is 2.91. The molecule has 0 spiro atoms. The average Bonchev–Trinajstić information content (AvgIpc) is 2.33. The average molecular weight is 259 g/mol. The number of hydrogen-bond acceptors (Lipinski definition) is 3. The molecule has 1 heterocycles. The first kappa shape index (κ1) is 15.5. The van der Waals surface area contributed by atoms with Gasteiger partial charge in [-0.15, -0.1) is 6.42 Å². The Morgan fingerprint density at radius 1 is 1.42 bits per heavy atom. The van der Waals surface area contributed by atoms with Crippen LogP contribution in [0.4, 0.5) is 5.69 Å². The first-order chi connectivity index (χ1) is 8.87. The number of rotatable bonds is 5. The SMILES string of the molecule is C#CCN(CC)c1cc(C)ncc1CNC(C)(C)C. The van der Waals surface area contributed by atoms with E-state index >= 15 is 0 Å². The normalized spacial score (nSPS) is 11.2. The molecular formula is C16H25N3. The molecule has 1 rings (SSSR count). The fraction of sp³-hybridized carbons (Fsp3) is 0.562. The molecule has 3 nitrogen and oxygen atoms in total. The van der Waals surface area contributed by atoms with Gasteiger partial charge in [0.1, 0.15) is 0 Å². The van der Waals surface area contributed by atoms with E-state index < -0.39 is 0 Å². The van der Waals surface area contributed by atoms with Gasteiger partial charge < -0.3 is 10.2 Å². The lowest BCUT2D eigenvalue weighted by Crippen LogP contribution is -2.36. The number of hydrogen-bond donors (Lipinski definition) is 1. The van der Waals surface area contributed by atoms with Crippen LogP contribution in [-0.4, -0.2) is 23.6 Å². The summed E-state index contributed by atoms with van der Waals surface area (Å²) in [5.41, 5.74) is 3.48. The molecule has 0 aliphatic carbocycles. The minimum Gasteiger partial charge on any atom is -0.360 e. The molecule has 104 valence electrons.